The van der Waals surface area contributed by atoms with Crippen LogP contribution in [0.15, 0.2) is 65.1 Å². The van der Waals surface area contributed by atoms with E-state index >= 15 is 0 Å². The van der Waals surface area contributed by atoms with Gasteiger partial charge in [-0.25, -0.2) is 4.99 Å². The van der Waals surface area contributed by atoms with E-state index < -0.39 is 0 Å². The number of anilines is 1. The smallest absolute Gasteiger partial charge is 0.202 e. The number of nitrogens with two attached hydrogens (primary N) is 1. The molecular formula is C21H18ClN2O+. The van der Waals surface area contributed by atoms with Crippen LogP contribution in [0.1, 0.15) is 6.92 Å². The fraction of sp³-hybridized carbons (Fsp3) is 0.0952. The molecule has 2 aromatic rings. The third kappa shape index (κ3) is 2.87. The number of hydrogen-bond donors (Lipinski definition) is 2. The van der Waals surface area contributed by atoms with Crippen molar-refractivity contribution in [2.24, 2.45) is 0 Å². The van der Waals surface area contributed by atoms with Crippen LogP contribution >= 0.6 is 11.6 Å². The third-order valence-corrected chi connectivity index (χ3v) is 4.48. The van der Waals surface area contributed by atoms with Crippen LogP contribution < -0.4 is 16.1 Å². The summed E-state index contributed by atoms with van der Waals surface area (Å²) in [5, 5.41) is 2.75. The van der Waals surface area contributed by atoms with Crippen molar-refractivity contribution in [3.63, 3.8) is 0 Å². The number of benzene rings is 3. The monoisotopic (exact) mass is 349 g/mol. The molecule has 2 aliphatic rings. The molecule has 3 N–H and O–H groups in total. The molecule has 0 atom stereocenters. The lowest BCUT2D eigenvalue weighted by atomic mass is 9.93. The van der Waals surface area contributed by atoms with Crippen LogP contribution in [-0.2, 0) is 0 Å². The lowest BCUT2D eigenvalue weighted by Gasteiger charge is -2.15. The van der Waals surface area contributed by atoms with Crippen LogP contribution in [0.4, 0.5) is 5.69 Å². The second-order valence-electron chi connectivity index (χ2n) is 5.98. The van der Waals surface area contributed by atoms with Crippen LogP contribution in [0.5, 0.6) is 0 Å². The summed E-state index contributed by atoms with van der Waals surface area (Å²) in [6, 6.07) is 19.8. The molecule has 4 rings (SSSR count). The van der Waals surface area contributed by atoms with Gasteiger partial charge in [-0.1, -0.05) is 23.7 Å². The van der Waals surface area contributed by atoms with Crippen molar-refractivity contribution in [1.29, 1.82) is 0 Å². The highest BCUT2D eigenvalue weighted by Gasteiger charge is 2.17. The van der Waals surface area contributed by atoms with E-state index in [1.165, 1.54) is 0 Å². The van der Waals surface area contributed by atoms with E-state index in [0.29, 0.717) is 10.7 Å². The minimum atomic E-state index is 0.676. The summed E-state index contributed by atoms with van der Waals surface area (Å²) in [5.41, 5.74) is 10.6. The van der Waals surface area contributed by atoms with Crippen LogP contribution in [0.3, 0.4) is 0 Å². The molecule has 0 saturated carbocycles. The fourth-order valence-corrected chi connectivity index (χ4v) is 3.37. The molecule has 0 aromatic heterocycles. The van der Waals surface area contributed by atoms with Crippen LogP contribution in [0, 0.1) is 0 Å². The zero-order valence-corrected chi connectivity index (χ0v) is 14.6. The minimum Gasteiger partial charge on any atom is -0.456 e. The lowest BCUT2D eigenvalue weighted by Crippen LogP contribution is -2.75. The maximum Gasteiger partial charge on any atom is 0.202 e. The Morgan fingerprint density at radius 1 is 1.04 bits per heavy atom. The highest BCUT2D eigenvalue weighted by Crippen LogP contribution is 2.40. The van der Waals surface area contributed by atoms with Gasteiger partial charge < -0.3 is 10.2 Å². The summed E-state index contributed by atoms with van der Waals surface area (Å²) >= 11 is 6.24. The second-order valence-corrected chi connectivity index (χ2v) is 6.42. The maximum atomic E-state index is 6.24. The van der Waals surface area contributed by atoms with Gasteiger partial charge in [0.05, 0.1) is 6.07 Å². The molecule has 0 bridgehead atoms. The Morgan fingerprint density at radius 3 is 2.72 bits per heavy atom. The largest absolute Gasteiger partial charge is 0.456 e. The van der Waals surface area contributed by atoms with Crippen molar-refractivity contribution in [2.75, 3.05) is 12.3 Å². The van der Waals surface area contributed by atoms with Crippen LogP contribution in [-0.4, -0.2) is 6.54 Å². The Balaban J connectivity index is 2.15. The Kier molecular flexibility index (Phi) is 3.94. The van der Waals surface area contributed by atoms with E-state index in [1.807, 2.05) is 42.5 Å². The molecule has 3 nitrogen and oxygen atoms in total. The van der Waals surface area contributed by atoms with E-state index in [1.54, 1.807) is 0 Å². The number of fused-ring (bicyclic) bond motifs is 2. The molecule has 0 fully saturated rings. The lowest BCUT2D eigenvalue weighted by molar-refractivity contribution is -0.496. The van der Waals surface area contributed by atoms with E-state index in [0.717, 1.165) is 45.3 Å². The summed E-state index contributed by atoms with van der Waals surface area (Å²) in [7, 11) is 0. The average molecular weight is 350 g/mol. The van der Waals surface area contributed by atoms with Gasteiger partial charge in [0, 0.05) is 39.4 Å². The normalized spacial score (nSPS) is 12.2. The molecule has 0 unspecified atom stereocenters. The summed E-state index contributed by atoms with van der Waals surface area (Å²) < 4.78 is 6.15. The fourth-order valence-electron chi connectivity index (χ4n) is 3.18. The van der Waals surface area contributed by atoms with Crippen molar-refractivity contribution >= 4 is 28.3 Å². The Labute approximate surface area is 150 Å². The topological polar surface area (TPSA) is 53.1 Å². The summed E-state index contributed by atoms with van der Waals surface area (Å²) in [4.78, 5) is 3.32. The van der Waals surface area contributed by atoms with E-state index in [9.17, 15) is 0 Å². The number of hydrogen-bond acceptors (Lipinski definition) is 2. The molecule has 2 aromatic carbocycles. The van der Waals surface area contributed by atoms with E-state index in [-0.39, 0.29) is 0 Å². The zero-order chi connectivity index (χ0) is 17.4. The molecule has 25 heavy (non-hydrogen) atoms. The predicted molar refractivity (Wildman–Crippen MR) is 102 cm³/mol. The number of nitrogen functional groups attached to an aromatic ring is 1. The van der Waals surface area contributed by atoms with Gasteiger partial charge in [0.15, 0.2) is 0 Å². The van der Waals surface area contributed by atoms with Gasteiger partial charge in [-0.2, -0.15) is 0 Å². The van der Waals surface area contributed by atoms with Gasteiger partial charge in [-0.15, -0.1) is 0 Å². The Bertz CT molecular complexity index is 1110. The molecule has 124 valence electrons. The first kappa shape index (κ1) is 15.7. The van der Waals surface area contributed by atoms with Crippen molar-refractivity contribution in [3.05, 3.63) is 71.0 Å². The summed E-state index contributed by atoms with van der Waals surface area (Å²) in [6.45, 7) is 2.92. The van der Waals surface area contributed by atoms with Crippen molar-refractivity contribution < 1.29 is 9.41 Å². The second kappa shape index (κ2) is 6.26. The van der Waals surface area contributed by atoms with Gasteiger partial charge in [-0.3, -0.25) is 0 Å². The van der Waals surface area contributed by atoms with Gasteiger partial charge in [0.1, 0.15) is 17.9 Å². The van der Waals surface area contributed by atoms with E-state index in [2.05, 4.69) is 30.1 Å². The molecule has 0 amide bonds. The molecule has 1 aliphatic heterocycles. The van der Waals surface area contributed by atoms with Crippen LogP contribution in [0.25, 0.3) is 33.4 Å². The predicted octanol–water partition coefficient (Wildman–Crippen LogP) is 3.44. The quantitative estimate of drug-likeness (QED) is 0.430. The van der Waals surface area contributed by atoms with Crippen LogP contribution in [0.2, 0.25) is 5.02 Å². The summed E-state index contributed by atoms with van der Waals surface area (Å²) in [6.07, 6.45) is 0. The van der Waals surface area contributed by atoms with E-state index in [4.69, 9.17) is 21.8 Å². The first-order chi connectivity index (χ1) is 12.2. The zero-order valence-electron chi connectivity index (χ0n) is 13.8. The molecule has 0 saturated heterocycles. The highest BCUT2D eigenvalue weighted by molar-refractivity contribution is 6.31. The molecule has 0 spiro atoms. The Hall–Kier alpha value is -2.78. The SMILES string of the molecule is CC[NH+]=c1ccc2c(-c3cccc(Cl)c3)c3ccc(N)cc3oc-2c1. The minimum absolute atomic E-state index is 0.676. The van der Waals surface area contributed by atoms with Crippen molar-refractivity contribution in [3.8, 4) is 22.5 Å². The van der Waals surface area contributed by atoms with Gasteiger partial charge in [0.2, 0.25) is 5.36 Å². The highest BCUT2D eigenvalue weighted by atomic mass is 35.5. The number of nitrogens with one attached hydrogen (secondary N) is 1. The maximum absolute atomic E-state index is 6.24. The first-order valence-corrected chi connectivity index (χ1v) is 8.62. The number of rotatable bonds is 2. The van der Waals surface area contributed by atoms with Gasteiger partial charge in [0.25, 0.3) is 0 Å². The standard InChI is InChI=1S/C21H17ClN2O/c1-2-24-16-7-9-18-20(12-16)25-19-11-15(23)6-8-17(19)21(18)13-4-3-5-14(22)10-13/h3-12H,2,23H2,1H3/p+1. The molecular weight excluding hydrogens is 332 g/mol. The molecule has 4 heteroatoms. The third-order valence-electron chi connectivity index (χ3n) is 4.24. The average Bonchev–Trinajstić information content (AvgIpc) is 2.59. The molecule has 0 radical (unpaired) electrons. The first-order valence-electron chi connectivity index (χ1n) is 8.24. The van der Waals surface area contributed by atoms with Crippen molar-refractivity contribution in [2.45, 2.75) is 6.92 Å². The van der Waals surface area contributed by atoms with Gasteiger partial charge >= 0.3 is 0 Å². The molecule has 1 heterocycles. The van der Waals surface area contributed by atoms with Gasteiger partial charge in [-0.05, 0) is 42.8 Å². The van der Waals surface area contributed by atoms with Crippen molar-refractivity contribution in [1.82, 2.24) is 0 Å². The molecule has 1 aliphatic carbocycles. The Morgan fingerprint density at radius 2 is 1.92 bits per heavy atom. The number of halogens is 1. The summed E-state index contributed by atoms with van der Waals surface area (Å²) in [5.74, 6) is 0.812.